The maximum absolute atomic E-state index is 11.6. The van der Waals surface area contributed by atoms with Crippen LogP contribution in [0, 0.1) is 0 Å². The van der Waals surface area contributed by atoms with Gasteiger partial charge in [-0.05, 0) is 23.6 Å². The number of nitrogens with zero attached hydrogens (tertiary/aromatic N) is 1. The van der Waals surface area contributed by atoms with E-state index < -0.39 is 0 Å². The van der Waals surface area contributed by atoms with E-state index in [0.29, 0.717) is 29.5 Å². The second-order valence-electron chi connectivity index (χ2n) is 3.60. The Hall–Kier alpha value is -2.08. The minimum atomic E-state index is -0.0548. The maximum Gasteiger partial charge on any atom is 0.261 e. The highest BCUT2D eigenvalue weighted by atomic mass is 32.1. The Kier molecular flexibility index (Phi) is 4.14. The summed E-state index contributed by atoms with van der Waals surface area (Å²) in [5.41, 5.74) is 6.33. The summed E-state index contributed by atoms with van der Waals surface area (Å²) in [4.78, 5) is 16.4. The number of thiophene rings is 1. The fourth-order valence-corrected chi connectivity index (χ4v) is 2.06. The number of carbonyl (C=O) groups is 1. The first-order chi connectivity index (χ1) is 8.77. The smallest absolute Gasteiger partial charge is 0.261 e. The molecule has 0 spiro atoms. The lowest BCUT2D eigenvalue weighted by molar-refractivity contribution is 0.0959. The van der Waals surface area contributed by atoms with Gasteiger partial charge in [0.1, 0.15) is 5.82 Å². The van der Waals surface area contributed by atoms with E-state index in [1.807, 2.05) is 11.4 Å². The lowest BCUT2D eigenvalue weighted by atomic mass is 10.4. The summed E-state index contributed by atoms with van der Waals surface area (Å²) in [7, 11) is 0. The SMILES string of the molecule is Nc1cccnc1NCCNC(=O)c1cccs1. The topological polar surface area (TPSA) is 80.0 Å². The molecule has 2 rings (SSSR count). The average Bonchev–Trinajstić information content (AvgIpc) is 2.90. The fraction of sp³-hybridized carbons (Fsp3) is 0.167. The van der Waals surface area contributed by atoms with Gasteiger partial charge < -0.3 is 16.4 Å². The first-order valence-electron chi connectivity index (χ1n) is 5.53. The van der Waals surface area contributed by atoms with Crippen LogP contribution in [0.2, 0.25) is 0 Å². The average molecular weight is 262 g/mol. The molecule has 0 aliphatic carbocycles. The molecule has 18 heavy (non-hydrogen) atoms. The summed E-state index contributed by atoms with van der Waals surface area (Å²) >= 11 is 1.42. The molecule has 0 bridgehead atoms. The Balaban J connectivity index is 1.74. The molecule has 4 N–H and O–H groups in total. The molecule has 0 aromatic carbocycles. The van der Waals surface area contributed by atoms with E-state index in [-0.39, 0.29) is 5.91 Å². The van der Waals surface area contributed by atoms with Crippen molar-refractivity contribution in [1.82, 2.24) is 10.3 Å². The first-order valence-corrected chi connectivity index (χ1v) is 6.41. The molecule has 94 valence electrons. The number of hydrogen-bond donors (Lipinski definition) is 3. The summed E-state index contributed by atoms with van der Waals surface area (Å²) in [6.07, 6.45) is 1.67. The Labute approximate surface area is 109 Å². The minimum Gasteiger partial charge on any atom is -0.396 e. The number of hydrogen-bond acceptors (Lipinski definition) is 5. The maximum atomic E-state index is 11.6. The number of carbonyl (C=O) groups excluding carboxylic acids is 1. The summed E-state index contributed by atoms with van der Waals surface area (Å²) in [6, 6.07) is 7.20. The molecule has 5 nitrogen and oxygen atoms in total. The second kappa shape index (κ2) is 6.02. The predicted molar refractivity (Wildman–Crippen MR) is 73.8 cm³/mol. The molecule has 2 aromatic heterocycles. The van der Waals surface area contributed by atoms with Crippen LogP contribution in [0.5, 0.6) is 0 Å². The molecule has 1 amide bonds. The van der Waals surface area contributed by atoms with Crippen molar-refractivity contribution in [2.75, 3.05) is 24.1 Å². The van der Waals surface area contributed by atoms with Gasteiger partial charge in [0.2, 0.25) is 0 Å². The van der Waals surface area contributed by atoms with Gasteiger partial charge in [-0.1, -0.05) is 6.07 Å². The van der Waals surface area contributed by atoms with E-state index in [1.54, 1.807) is 24.4 Å². The van der Waals surface area contributed by atoms with Gasteiger partial charge >= 0.3 is 0 Å². The number of rotatable bonds is 5. The highest BCUT2D eigenvalue weighted by molar-refractivity contribution is 7.12. The van der Waals surface area contributed by atoms with E-state index in [9.17, 15) is 4.79 Å². The third-order valence-corrected chi connectivity index (χ3v) is 3.16. The van der Waals surface area contributed by atoms with Crippen LogP contribution in [-0.4, -0.2) is 24.0 Å². The number of aromatic nitrogens is 1. The van der Waals surface area contributed by atoms with E-state index >= 15 is 0 Å². The van der Waals surface area contributed by atoms with Gasteiger partial charge in [-0.2, -0.15) is 0 Å². The lowest BCUT2D eigenvalue weighted by Crippen LogP contribution is -2.28. The van der Waals surface area contributed by atoms with E-state index in [0.717, 1.165) is 0 Å². The normalized spacial score (nSPS) is 10.0. The van der Waals surface area contributed by atoms with Crippen LogP contribution in [0.3, 0.4) is 0 Å². The number of nitrogen functional groups attached to an aromatic ring is 1. The molecule has 0 unspecified atom stereocenters. The van der Waals surface area contributed by atoms with Gasteiger partial charge in [-0.15, -0.1) is 11.3 Å². The Morgan fingerprint density at radius 1 is 1.33 bits per heavy atom. The van der Waals surface area contributed by atoms with Crippen molar-refractivity contribution < 1.29 is 4.79 Å². The molecule has 0 aliphatic heterocycles. The van der Waals surface area contributed by atoms with Crippen molar-refractivity contribution in [1.29, 1.82) is 0 Å². The van der Waals surface area contributed by atoms with Gasteiger partial charge in [0.15, 0.2) is 0 Å². The van der Waals surface area contributed by atoms with Crippen LogP contribution in [0.15, 0.2) is 35.8 Å². The molecule has 2 aromatic rings. The van der Waals surface area contributed by atoms with Gasteiger partial charge in [-0.3, -0.25) is 4.79 Å². The highest BCUT2D eigenvalue weighted by Crippen LogP contribution is 2.12. The van der Waals surface area contributed by atoms with Gasteiger partial charge in [0.05, 0.1) is 10.6 Å². The van der Waals surface area contributed by atoms with E-state index in [1.165, 1.54) is 11.3 Å². The Bertz CT molecular complexity index is 513. The molecule has 2 heterocycles. The zero-order chi connectivity index (χ0) is 12.8. The number of amides is 1. The van der Waals surface area contributed by atoms with Gasteiger partial charge in [0, 0.05) is 19.3 Å². The predicted octanol–water partition coefficient (Wildman–Crippen LogP) is 1.57. The zero-order valence-corrected chi connectivity index (χ0v) is 10.5. The van der Waals surface area contributed by atoms with Gasteiger partial charge in [-0.25, -0.2) is 4.98 Å². The third kappa shape index (κ3) is 3.21. The van der Waals surface area contributed by atoms with Crippen molar-refractivity contribution in [2.24, 2.45) is 0 Å². The molecule has 6 heteroatoms. The first kappa shape index (κ1) is 12.4. The molecule has 0 saturated carbocycles. The number of nitrogens with one attached hydrogen (secondary N) is 2. The van der Waals surface area contributed by atoms with Crippen LogP contribution >= 0.6 is 11.3 Å². The molecule has 0 aliphatic rings. The number of anilines is 2. The molecular formula is C12H14N4OS. The standard InChI is InChI=1S/C12H14N4OS/c13-9-3-1-5-14-11(9)15-6-7-16-12(17)10-4-2-8-18-10/h1-5,8H,6-7,13H2,(H,14,15)(H,16,17). The molecule has 0 saturated heterocycles. The van der Waals surface area contributed by atoms with Crippen molar-refractivity contribution in [3.63, 3.8) is 0 Å². The summed E-state index contributed by atoms with van der Waals surface area (Å²) in [5.74, 6) is 0.587. The minimum absolute atomic E-state index is 0.0548. The van der Waals surface area contributed by atoms with Crippen molar-refractivity contribution >= 4 is 28.7 Å². The van der Waals surface area contributed by atoms with E-state index in [4.69, 9.17) is 5.73 Å². The van der Waals surface area contributed by atoms with Crippen molar-refractivity contribution in [2.45, 2.75) is 0 Å². The van der Waals surface area contributed by atoms with Gasteiger partial charge in [0.25, 0.3) is 5.91 Å². The molecule has 0 atom stereocenters. The van der Waals surface area contributed by atoms with Crippen LogP contribution < -0.4 is 16.4 Å². The van der Waals surface area contributed by atoms with Crippen LogP contribution in [-0.2, 0) is 0 Å². The number of nitrogens with two attached hydrogens (primary N) is 1. The Morgan fingerprint density at radius 2 is 2.22 bits per heavy atom. The molecule has 0 fully saturated rings. The van der Waals surface area contributed by atoms with Crippen LogP contribution in [0.4, 0.5) is 11.5 Å². The van der Waals surface area contributed by atoms with E-state index in [2.05, 4.69) is 15.6 Å². The monoisotopic (exact) mass is 262 g/mol. The van der Waals surface area contributed by atoms with Crippen molar-refractivity contribution in [3.05, 3.63) is 40.7 Å². The third-order valence-electron chi connectivity index (χ3n) is 2.29. The summed E-state index contributed by atoms with van der Waals surface area (Å²) in [5, 5.41) is 7.76. The van der Waals surface area contributed by atoms with Crippen LogP contribution in [0.1, 0.15) is 9.67 Å². The number of pyridine rings is 1. The second-order valence-corrected chi connectivity index (χ2v) is 4.55. The molecular weight excluding hydrogens is 248 g/mol. The quantitative estimate of drug-likeness (QED) is 0.714. The summed E-state index contributed by atoms with van der Waals surface area (Å²) < 4.78 is 0. The molecule has 0 radical (unpaired) electrons. The lowest BCUT2D eigenvalue weighted by Gasteiger charge is -2.08. The largest absolute Gasteiger partial charge is 0.396 e. The van der Waals surface area contributed by atoms with Crippen molar-refractivity contribution in [3.8, 4) is 0 Å². The fourth-order valence-electron chi connectivity index (χ4n) is 1.42. The Morgan fingerprint density at radius 3 is 2.94 bits per heavy atom. The van der Waals surface area contributed by atoms with Crippen LogP contribution in [0.25, 0.3) is 0 Å². The summed E-state index contributed by atoms with van der Waals surface area (Å²) in [6.45, 7) is 1.10. The zero-order valence-electron chi connectivity index (χ0n) is 9.72. The highest BCUT2D eigenvalue weighted by Gasteiger charge is 2.04.